The fraction of sp³-hybridized carbons (Fsp3) is 0.273. The van der Waals surface area contributed by atoms with E-state index in [1.54, 1.807) is 0 Å². The highest BCUT2D eigenvalue weighted by Crippen LogP contribution is 2.20. The van der Waals surface area contributed by atoms with Crippen molar-refractivity contribution in [2.24, 2.45) is 0 Å². The van der Waals surface area contributed by atoms with E-state index in [4.69, 9.17) is 0 Å². The first-order valence-electron chi connectivity index (χ1n) is 4.87. The molecule has 15 heavy (non-hydrogen) atoms. The number of rotatable bonds is 3. The van der Waals surface area contributed by atoms with Gasteiger partial charge in [-0.1, -0.05) is 22.9 Å². The van der Waals surface area contributed by atoms with E-state index in [1.165, 1.54) is 0 Å². The highest BCUT2D eigenvalue weighted by molar-refractivity contribution is 9.10. The molecule has 1 heterocycles. The number of nitrogens with zero attached hydrogens (tertiary/aromatic N) is 2. The van der Waals surface area contributed by atoms with Crippen LogP contribution in [-0.2, 0) is 6.54 Å². The van der Waals surface area contributed by atoms with Gasteiger partial charge >= 0.3 is 0 Å². The third-order valence-corrected chi connectivity index (χ3v) is 2.79. The summed E-state index contributed by atoms with van der Waals surface area (Å²) in [6, 6.07) is 5.87. The molecule has 0 N–H and O–H groups in total. The van der Waals surface area contributed by atoms with Crippen LogP contribution >= 0.6 is 15.9 Å². The van der Waals surface area contributed by atoms with E-state index in [2.05, 4.69) is 27.8 Å². The fourth-order valence-electron chi connectivity index (χ4n) is 1.67. The second kappa shape index (κ2) is 4.14. The zero-order valence-corrected chi connectivity index (χ0v) is 9.99. The van der Waals surface area contributed by atoms with Gasteiger partial charge in [-0.15, -0.1) is 0 Å². The lowest BCUT2D eigenvalue weighted by Gasteiger charge is -2.02. The third-order valence-electron chi connectivity index (χ3n) is 2.29. The molecule has 0 aliphatic carbocycles. The summed E-state index contributed by atoms with van der Waals surface area (Å²) in [5.74, 6) is 0.505. The van der Waals surface area contributed by atoms with Crippen molar-refractivity contribution in [2.75, 3.05) is 0 Å². The summed E-state index contributed by atoms with van der Waals surface area (Å²) in [7, 11) is 0. The Morgan fingerprint density at radius 1 is 1.53 bits per heavy atom. The van der Waals surface area contributed by atoms with E-state index in [-0.39, 0.29) is 0 Å². The van der Waals surface area contributed by atoms with Gasteiger partial charge in [0.15, 0.2) is 12.1 Å². The van der Waals surface area contributed by atoms with Gasteiger partial charge in [0.1, 0.15) is 0 Å². The predicted molar refractivity (Wildman–Crippen MR) is 63.1 cm³/mol. The molecule has 1 aromatic heterocycles. The normalized spacial score (nSPS) is 10.8. The van der Waals surface area contributed by atoms with Crippen LogP contribution in [0.25, 0.3) is 11.0 Å². The van der Waals surface area contributed by atoms with Gasteiger partial charge in [0.2, 0.25) is 0 Å². The van der Waals surface area contributed by atoms with Gasteiger partial charge < -0.3 is 4.57 Å². The molecule has 3 nitrogen and oxygen atoms in total. The van der Waals surface area contributed by atoms with E-state index in [1.807, 2.05) is 22.8 Å². The van der Waals surface area contributed by atoms with Crippen LogP contribution in [0.3, 0.4) is 0 Å². The average Bonchev–Trinajstić information content (AvgIpc) is 2.56. The van der Waals surface area contributed by atoms with Crippen molar-refractivity contribution in [2.45, 2.75) is 19.9 Å². The first-order valence-corrected chi connectivity index (χ1v) is 5.66. The van der Waals surface area contributed by atoms with Crippen LogP contribution in [0.2, 0.25) is 0 Å². The average molecular weight is 267 g/mol. The molecule has 0 aliphatic heterocycles. The molecule has 0 atom stereocenters. The molecule has 0 saturated heterocycles. The Kier molecular flexibility index (Phi) is 2.86. The lowest BCUT2D eigenvalue weighted by Crippen LogP contribution is -2.01. The highest BCUT2D eigenvalue weighted by atomic mass is 79.9. The molecule has 0 fully saturated rings. The maximum atomic E-state index is 10.9. The van der Waals surface area contributed by atoms with Crippen molar-refractivity contribution in [1.29, 1.82) is 0 Å². The molecule has 2 rings (SSSR count). The van der Waals surface area contributed by atoms with Crippen LogP contribution in [0.15, 0.2) is 22.7 Å². The highest BCUT2D eigenvalue weighted by Gasteiger charge is 2.08. The van der Waals surface area contributed by atoms with Gasteiger partial charge in [-0.25, -0.2) is 4.98 Å². The first-order chi connectivity index (χ1) is 7.26. The number of aromatic nitrogens is 2. The number of carbonyl (C=O) groups is 1. The molecule has 1 aromatic carbocycles. The lowest BCUT2D eigenvalue weighted by molar-refractivity contribution is 0.111. The molecule has 0 spiro atoms. The van der Waals surface area contributed by atoms with E-state index in [0.29, 0.717) is 5.82 Å². The van der Waals surface area contributed by atoms with Crippen molar-refractivity contribution in [1.82, 2.24) is 9.55 Å². The summed E-state index contributed by atoms with van der Waals surface area (Å²) in [5.41, 5.74) is 1.88. The smallest absolute Gasteiger partial charge is 0.185 e. The standard InChI is InChI=1S/C11H11BrN2O/c1-2-5-14-10-4-3-8(12)6-9(10)13-11(14)7-15/h3-4,6-7H,2,5H2,1H3. The number of imidazole rings is 1. The van der Waals surface area contributed by atoms with E-state index >= 15 is 0 Å². The number of hydrogen-bond acceptors (Lipinski definition) is 2. The van der Waals surface area contributed by atoms with Crippen molar-refractivity contribution < 1.29 is 4.79 Å². The molecule has 0 bridgehead atoms. The molecular weight excluding hydrogens is 256 g/mol. The Hall–Kier alpha value is -1.16. The summed E-state index contributed by atoms with van der Waals surface area (Å²) in [5, 5.41) is 0. The maximum absolute atomic E-state index is 10.9. The van der Waals surface area contributed by atoms with Crippen molar-refractivity contribution in [3.8, 4) is 0 Å². The lowest BCUT2D eigenvalue weighted by atomic mass is 10.3. The summed E-state index contributed by atoms with van der Waals surface area (Å²) >= 11 is 3.39. The molecule has 0 saturated carbocycles. The summed E-state index contributed by atoms with van der Waals surface area (Å²) in [6.07, 6.45) is 1.80. The molecular formula is C11H11BrN2O. The van der Waals surface area contributed by atoms with Gasteiger partial charge in [0.25, 0.3) is 0 Å². The second-order valence-corrected chi connectivity index (χ2v) is 4.29. The van der Waals surface area contributed by atoms with Crippen molar-refractivity contribution in [3.63, 3.8) is 0 Å². The summed E-state index contributed by atoms with van der Waals surface area (Å²) in [4.78, 5) is 15.1. The van der Waals surface area contributed by atoms with E-state index in [9.17, 15) is 4.79 Å². The SMILES string of the molecule is CCCn1c(C=O)nc2cc(Br)ccc21. The number of aldehydes is 1. The van der Waals surface area contributed by atoms with Crippen LogP contribution in [0, 0.1) is 0 Å². The summed E-state index contributed by atoms with van der Waals surface area (Å²) in [6.45, 7) is 2.91. The topological polar surface area (TPSA) is 34.9 Å². The predicted octanol–water partition coefficient (Wildman–Crippen LogP) is 3.02. The molecule has 0 radical (unpaired) electrons. The van der Waals surface area contributed by atoms with Crippen LogP contribution in [0.4, 0.5) is 0 Å². The van der Waals surface area contributed by atoms with Crippen LogP contribution in [0.5, 0.6) is 0 Å². The molecule has 4 heteroatoms. The monoisotopic (exact) mass is 266 g/mol. The van der Waals surface area contributed by atoms with Crippen LogP contribution in [-0.4, -0.2) is 15.8 Å². The van der Waals surface area contributed by atoms with Gasteiger partial charge in [-0.2, -0.15) is 0 Å². The quantitative estimate of drug-likeness (QED) is 0.801. The van der Waals surface area contributed by atoms with Gasteiger partial charge in [-0.3, -0.25) is 4.79 Å². The number of benzene rings is 1. The third kappa shape index (κ3) is 1.81. The van der Waals surface area contributed by atoms with Crippen LogP contribution < -0.4 is 0 Å². The maximum Gasteiger partial charge on any atom is 0.185 e. The number of fused-ring (bicyclic) bond motifs is 1. The van der Waals surface area contributed by atoms with Crippen molar-refractivity contribution in [3.05, 3.63) is 28.5 Å². The number of carbonyl (C=O) groups excluding carboxylic acids is 1. The minimum atomic E-state index is 0.505. The van der Waals surface area contributed by atoms with E-state index in [0.717, 1.165) is 34.8 Å². The zero-order chi connectivity index (χ0) is 10.8. The van der Waals surface area contributed by atoms with Gasteiger partial charge in [0.05, 0.1) is 11.0 Å². The Morgan fingerprint density at radius 3 is 3.00 bits per heavy atom. The second-order valence-electron chi connectivity index (χ2n) is 3.37. The number of aryl methyl sites for hydroxylation is 1. The Balaban J connectivity index is 2.68. The number of hydrogen-bond donors (Lipinski definition) is 0. The Labute approximate surface area is 96.2 Å². The summed E-state index contributed by atoms with van der Waals surface area (Å²) < 4.78 is 2.93. The van der Waals surface area contributed by atoms with Gasteiger partial charge in [-0.05, 0) is 24.6 Å². The minimum absolute atomic E-state index is 0.505. The minimum Gasteiger partial charge on any atom is -0.322 e. The largest absolute Gasteiger partial charge is 0.322 e. The first kappa shape index (κ1) is 10.4. The Morgan fingerprint density at radius 2 is 2.33 bits per heavy atom. The van der Waals surface area contributed by atoms with Crippen LogP contribution in [0.1, 0.15) is 24.0 Å². The van der Waals surface area contributed by atoms with E-state index < -0.39 is 0 Å². The molecule has 78 valence electrons. The number of halogens is 1. The Bertz CT molecular complexity index is 505. The molecule has 0 aliphatic rings. The van der Waals surface area contributed by atoms with Crippen molar-refractivity contribution >= 4 is 33.2 Å². The molecule has 0 amide bonds. The van der Waals surface area contributed by atoms with Gasteiger partial charge in [0, 0.05) is 11.0 Å². The zero-order valence-electron chi connectivity index (χ0n) is 8.40. The fourth-order valence-corrected chi connectivity index (χ4v) is 2.02. The molecule has 2 aromatic rings. The molecule has 0 unspecified atom stereocenters.